The number of pyridine rings is 1. The van der Waals surface area contributed by atoms with Crippen molar-refractivity contribution in [1.82, 2.24) is 9.29 Å². The molecule has 3 aromatic rings. The summed E-state index contributed by atoms with van der Waals surface area (Å²) in [6, 6.07) is 14.6. The van der Waals surface area contributed by atoms with E-state index < -0.39 is 22.5 Å². The minimum atomic E-state index is -4.00. The molecule has 0 saturated carbocycles. The van der Waals surface area contributed by atoms with Crippen LogP contribution >= 0.6 is 23.2 Å². The van der Waals surface area contributed by atoms with Crippen molar-refractivity contribution in [3.8, 4) is 5.75 Å². The first-order chi connectivity index (χ1) is 14.8. The first-order valence-electron chi connectivity index (χ1n) is 9.08. The molecule has 0 bridgehead atoms. The van der Waals surface area contributed by atoms with Crippen LogP contribution in [0, 0.1) is 0 Å². The second kappa shape index (κ2) is 10.1. The van der Waals surface area contributed by atoms with Crippen molar-refractivity contribution in [2.75, 3.05) is 19.0 Å². The topological polar surface area (TPSA) is 88.6 Å². The van der Waals surface area contributed by atoms with E-state index in [4.69, 9.17) is 27.9 Å². The van der Waals surface area contributed by atoms with Crippen LogP contribution in [0.4, 0.5) is 5.69 Å². The number of rotatable bonds is 8. The third-order valence-electron chi connectivity index (χ3n) is 4.34. The molecule has 1 heterocycles. The van der Waals surface area contributed by atoms with Crippen LogP contribution in [-0.4, -0.2) is 37.3 Å². The molecule has 2 aromatic carbocycles. The van der Waals surface area contributed by atoms with E-state index in [0.29, 0.717) is 17.0 Å². The van der Waals surface area contributed by atoms with Gasteiger partial charge in [0.25, 0.3) is 0 Å². The summed E-state index contributed by atoms with van der Waals surface area (Å²) in [4.78, 5) is 16.6. The fraction of sp³-hybridized carbons (Fsp3) is 0.143. The third-order valence-corrected chi connectivity index (χ3v) is 6.93. The number of aromatic nitrogens is 1. The van der Waals surface area contributed by atoms with Gasteiger partial charge >= 0.3 is 0 Å². The molecule has 10 heteroatoms. The minimum absolute atomic E-state index is 0.0166. The Kier molecular flexibility index (Phi) is 7.50. The minimum Gasteiger partial charge on any atom is -0.497 e. The lowest BCUT2D eigenvalue weighted by atomic mass is 10.2. The first-order valence-corrected chi connectivity index (χ1v) is 11.3. The smallest absolute Gasteiger partial charge is 0.245 e. The van der Waals surface area contributed by atoms with E-state index in [0.717, 1.165) is 4.31 Å². The van der Waals surface area contributed by atoms with E-state index in [9.17, 15) is 13.2 Å². The number of hydrogen-bond acceptors (Lipinski definition) is 5. The molecule has 0 radical (unpaired) electrons. The normalized spacial score (nSPS) is 11.4. The lowest BCUT2D eigenvalue weighted by Crippen LogP contribution is -2.37. The van der Waals surface area contributed by atoms with Gasteiger partial charge in [0.1, 0.15) is 10.6 Å². The van der Waals surface area contributed by atoms with Gasteiger partial charge in [0.15, 0.2) is 0 Å². The third kappa shape index (κ3) is 5.74. The number of amides is 1. The summed E-state index contributed by atoms with van der Waals surface area (Å²) in [5.41, 5.74) is 0.976. The number of sulfonamides is 1. The van der Waals surface area contributed by atoms with Gasteiger partial charge in [-0.2, -0.15) is 4.31 Å². The average Bonchev–Trinajstić information content (AvgIpc) is 2.77. The van der Waals surface area contributed by atoms with E-state index in [-0.39, 0.29) is 21.5 Å². The second-order valence-corrected chi connectivity index (χ2v) is 9.18. The van der Waals surface area contributed by atoms with Crippen LogP contribution in [0.1, 0.15) is 5.56 Å². The van der Waals surface area contributed by atoms with Crippen molar-refractivity contribution in [1.29, 1.82) is 0 Å². The zero-order valence-corrected chi connectivity index (χ0v) is 18.8. The van der Waals surface area contributed by atoms with E-state index in [1.807, 2.05) is 0 Å². The number of ether oxygens (including phenoxy) is 1. The maximum Gasteiger partial charge on any atom is 0.245 e. The molecule has 31 heavy (non-hydrogen) atoms. The molecule has 0 fully saturated rings. The molecule has 0 unspecified atom stereocenters. The molecular formula is C21H19Cl2N3O4S. The molecule has 0 aliphatic carbocycles. The molecule has 1 aromatic heterocycles. The van der Waals surface area contributed by atoms with E-state index >= 15 is 0 Å². The fourth-order valence-electron chi connectivity index (χ4n) is 2.76. The van der Waals surface area contributed by atoms with Crippen LogP contribution in [0.3, 0.4) is 0 Å². The molecule has 3 rings (SSSR count). The number of hydrogen-bond donors (Lipinski definition) is 1. The fourth-order valence-corrected chi connectivity index (χ4v) is 4.46. The highest BCUT2D eigenvalue weighted by molar-refractivity contribution is 7.89. The maximum atomic E-state index is 13.2. The van der Waals surface area contributed by atoms with Crippen molar-refractivity contribution in [3.05, 3.63) is 82.6 Å². The number of methoxy groups -OCH3 is 1. The largest absolute Gasteiger partial charge is 0.497 e. The second-order valence-electron chi connectivity index (χ2n) is 6.46. The van der Waals surface area contributed by atoms with Crippen molar-refractivity contribution in [2.24, 2.45) is 0 Å². The lowest BCUT2D eigenvalue weighted by Gasteiger charge is -2.22. The highest BCUT2D eigenvalue weighted by Crippen LogP contribution is 2.29. The summed E-state index contributed by atoms with van der Waals surface area (Å²) in [6.07, 6.45) is 2.71. The van der Waals surface area contributed by atoms with Gasteiger partial charge in [-0.15, -0.1) is 0 Å². The Labute approximate surface area is 190 Å². The zero-order valence-electron chi connectivity index (χ0n) is 16.5. The number of nitrogens with one attached hydrogen (secondary N) is 1. The zero-order chi connectivity index (χ0) is 22.4. The predicted octanol–water partition coefficient (Wildman–Crippen LogP) is 4.23. The number of carbonyl (C=O) groups excluding carboxylic acids is 1. The monoisotopic (exact) mass is 479 g/mol. The molecule has 1 N–H and O–H groups in total. The highest BCUT2D eigenvalue weighted by Gasteiger charge is 2.27. The molecule has 1 amide bonds. The molecule has 0 saturated heterocycles. The van der Waals surface area contributed by atoms with Crippen molar-refractivity contribution < 1.29 is 17.9 Å². The maximum absolute atomic E-state index is 13.2. The van der Waals surface area contributed by atoms with Crippen molar-refractivity contribution in [2.45, 2.75) is 11.4 Å². The van der Waals surface area contributed by atoms with E-state index in [1.165, 1.54) is 24.5 Å². The van der Waals surface area contributed by atoms with Crippen LogP contribution in [0.15, 0.2) is 71.9 Å². The van der Waals surface area contributed by atoms with Crippen LogP contribution in [0.5, 0.6) is 5.75 Å². The van der Waals surface area contributed by atoms with Gasteiger partial charge in [0.2, 0.25) is 15.9 Å². The Hall–Kier alpha value is -2.65. The molecule has 0 atom stereocenters. The first kappa shape index (κ1) is 23.0. The number of benzene rings is 2. The Morgan fingerprint density at radius 2 is 1.84 bits per heavy atom. The molecule has 0 aliphatic rings. The quantitative estimate of drug-likeness (QED) is 0.522. The Bertz CT molecular complexity index is 1160. The number of halogens is 2. The SMILES string of the molecule is COc1ccc(CN(CC(=O)Nc2cccc(Cl)c2Cl)S(=O)(=O)c2cccnc2)cc1. The average molecular weight is 480 g/mol. The van der Waals surface area contributed by atoms with E-state index in [1.54, 1.807) is 49.6 Å². The van der Waals surface area contributed by atoms with E-state index in [2.05, 4.69) is 10.3 Å². The standard InChI is InChI=1S/C21H19Cl2N3O4S/c1-30-16-9-7-15(8-10-16)13-26(31(28,29)17-4-3-11-24-12-17)14-20(27)25-19-6-2-5-18(22)21(19)23/h2-12H,13-14H2,1H3,(H,25,27). The van der Waals surface area contributed by atoms with Crippen LogP contribution < -0.4 is 10.1 Å². The summed E-state index contributed by atoms with van der Waals surface area (Å²) in [5, 5.41) is 3.06. The molecule has 7 nitrogen and oxygen atoms in total. The van der Waals surface area contributed by atoms with Crippen LogP contribution in [0.2, 0.25) is 10.0 Å². The molecule has 0 spiro atoms. The number of nitrogens with zero attached hydrogens (tertiary/aromatic N) is 2. The van der Waals surface area contributed by atoms with Gasteiger partial charge in [-0.3, -0.25) is 9.78 Å². The predicted molar refractivity (Wildman–Crippen MR) is 120 cm³/mol. The van der Waals surface area contributed by atoms with Crippen molar-refractivity contribution in [3.63, 3.8) is 0 Å². The summed E-state index contributed by atoms with van der Waals surface area (Å²) < 4.78 is 32.6. The van der Waals surface area contributed by atoms with Gasteiger partial charge < -0.3 is 10.1 Å². The van der Waals surface area contributed by atoms with Crippen LogP contribution in [-0.2, 0) is 21.4 Å². The summed E-state index contributed by atoms with van der Waals surface area (Å²) in [6.45, 7) is -0.468. The van der Waals surface area contributed by atoms with Crippen LogP contribution in [0.25, 0.3) is 0 Å². The molecule has 0 aliphatic heterocycles. The Morgan fingerprint density at radius 3 is 2.48 bits per heavy atom. The van der Waals surface area contributed by atoms with Gasteiger partial charge in [-0.25, -0.2) is 8.42 Å². The summed E-state index contributed by atoms with van der Waals surface area (Å²) >= 11 is 12.1. The van der Waals surface area contributed by atoms with Gasteiger partial charge in [0.05, 0.1) is 29.4 Å². The summed E-state index contributed by atoms with van der Waals surface area (Å²) in [7, 11) is -2.46. The lowest BCUT2D eigenvalue weighted by molar-refractivity contribution is -0.116. The van der Waals surface area contributed by atoms with Gasteiger partial charge in [0, 0.05) is 18.9 Å². The summed E-state index contributed by atoms with van der Waals surface area (Å²) in [5.74, 6) is 0.0731. The Morgan fingerprint density at radius 1 is 1.10 bits per heavy atom. The van der Waals surface area contributed by atoms with Gasteiger partial charge in [-0.05, 0) is 42.0 Å². The van der Waals surface area contributed by atoms with Crippen molar-refractivity contribution >= 4 is 44.8 Å². The molecule has 162 valence electrons. The molecular weight excluding hydrogens is 461 g/mol. The Balaban J connectivity index is 1.87. The van der Waals surface area contributed by atoms with Gasteiger partial charge in [-0.1, -0.05) is 41.4 Å². The number of carbonyl (C=O) groups is 1. The highest BCUT2D eigenvalue weighted by atomic mass is 35.5. The number of anilines is 1.